The third-order valence-electron chi connectivity index (χ3n) is 10.7. The number of rotatable bonds is 43. The Kier molecular flexibility index (Phi) is 40.4. The maximum absolute atomic E-state index is 12.6. The molecular formula is C45H90NO6P. The first-order valence-corrected chi connectivity index (χ1v) is 24.7. The van der Waals surface area contributed by atoms with Crippen molar-refractivity contribution in [3.05, 3.63) is 12.2 Å². The van der Waals surface area contributed by atoms with Crippen molar-refractivity contribution in [3.8, 4) is 0 Å². The molecule has 0 aromatic rings. The minimum Gasteiger partial charge on any atom is -0.387 e. The van der Waals surface area contributed by atoms with Crippen molar-refractivity contribution >= 4 is 13.7 Å². The molecule has 0 bridgehead atoms. The van der Waals surface area contributed by atoms with Crippen LogP contribution in [0.1, 0.15) is 251 Å². The molecule has 0 unspecified atom stereocenters. The highest BCUT2D eigenvalue weighted by Gasteiger charge is 2.24. The molecule has 2 atom stereocenters. The summed E-state index contributed by atoms with van der Waals surface area (Å²) in [6.45, 7) is 4.09. The zero-order chi connectivity index (χ0) is 38.9. The van der Waals surface area contributed by atoms with Crippen LogP contribution >= 0.6 is 7.82 Å². The Bertz CT molecular complexity index is 834. The average Bonchev–Trinajstić information content (AvgIpc) is 3.13. The molecule has 8 heteroatoms. The molecule has 0 aliphatic rings. The van der Waals surface area contributed by atoms with Crippen LogP contribution in [0.3, 0.4) is 0 Å². The number of aliphatic hydroxyl groups excluding tert-OH is 1. The number of nitrogens with one attached hydrogen (secondary N) is 1. The van der Waals surface area contributed by atoms with Crippen molar-refractivity contribution in [3.63, 3.8) is 0 Å². The molecule has 7 nitrogen and oxygen atoms in total. The van der Waals surface area contributed by atoms with E-state index in [1.165, 1.54) is 193 Å². The van der Waals surface area contributed by atoms with Gasteiger partial charge in [0.25, 0.3) is 0 Å². The van der Waals surface area contributed by atoms with Crippen LogP contribution in [-0.4, -0.2) is 39.6 Å². The molecule has 0 spiro atoms. The number of hydrogen-bond donors (Lipinski definition) is 4. The maximum Gasteiger partial charge on any atom is 0.469 e. The molecule has 316 valence electrons. The quantitative estimate of drug-likeness (QED) is 0.0279. The molecule has 0 saturated heterocycles. The SMILES string of the molecule is CCCCCCCCCCCCC/C=C/[C@@H](O)[C@H](COP(=O)(O)O)NC(=O)CCCCCCCCCCCCCCCCCCCCCCCCCC. The Morgan fingerprint density at radius 1 is 0.528 bits per heavy atom. The third kappa shape index (κ3) is 42.3. The summed E-state index contributed by atoms with van der Waals surface area (Å²) in [5, 5.41) is 13.4. The van der Waals surface area contributed by atoms with Crippen LogP contribution in [0.25, 0.3) is 0 Å². The van der Waals surface area contributed by atoms with Crippen molar-refractivity contribution in [1.82, 2.24) is 5.32 Å². The number of allylic oxidation sites excluding steroid dienone is 1. The van der Waals surface area contributed by atoms with Gasteiger partial charge in [-0.3, -0.25) is 9.32 Å². The first-order chi connectivity index (χ1) is 25.8. The predicted octanol–water partition coefficient (Wildman–Crippen LogP) is 14.0. The van der Waals surface area contributed by atoms with Gasteiger partial charge in [0.15, 0.2) is 0 Å². The zero-order valence-corrected chi connectivity index (χ0v) is 36.1. The zero-order valence-electron chi connectivity index (χ0n) is 35.2. The first kappa shape index (κ1) is 52.3. The number of amides is 1. The van der Waals surface area contributed by atoms with Crippen LogP contribution in [-0.2, 0) is 13.9 Å². The molecule has 0 saturated carbocycles. The third-order valence-corrected chi connectivity index (χ3v) is 11.2. The fraction of sp³-hybridized carbons (Fsp3) is 0.933. The summed E-state index contributed by atoms with van der Waals surface area (Å²) in [5.74, 6) is -0.221. The molecular weight excluding hydrogens is 681 g/mol. The van der Waals surface area contributed by atoms with Crippen molar-refractivity contribution in [2.45, 2.75) is 264 Å². The van der Waals surface area contributed by atoms with E-state index in [2.05, 4.69) is 23.7 Å². The van der Waals surface area contributed by atoms with Gasteiger partial charge in [0.05, 0.1) is 18.8 Å². The minimum absolute atomic E-state index is 0.221. The Morgan fingerprint density at radius 3 is 1.15 bits per heavy atom. The average molecular weight is 772 g/mol. The number of aliphatic hydroxyl groups is 1. The van der Waals surface area contributed by atoms with E-state index in [0.29, 0.717) is 6.42 Å². The topological polar surface area (TPSA) is 116 Å². The number of phosphoric ester groups is 1. The van der Waals surface area contributed by atoms with Gasteiger partial charge in [-0.15, -0.1) is 0 Å². The standard InChI is InChI=1S/C45H90NO6P/c1-3-5-7-9-11-13-15-17-18-19-20-21-22-23-24-25-26-27-29-31-33-35-37-39-41-45(48)46-43(42-52-53(49,50)51)44(47)40-38-36-34-32-30-28-16-14-12-10-8-6-4-2/h38,40,43-44,47H,3-37,39,41-42H2,1-2H3,(H,46,48)(H2,49,50,51)/b40-38+/t43-,44+/m0/s1. The van der Waals surface area contributed by atoms with Crippen LogP contribution in [0.4, 0.5) is 0 Å². The summed E-state index contributed by atoms with van der Waals surface area (Å²) in [5.41, 5.74) is 0. The monoisotopic (exact) mass is 772 g/mol. The number of unbranched alkanes of at least 4 members (excludes halogenated alkanes) is 34. The summed E-state index contributed by atoms with van der Waals surface area (Å²) in [6, 6.07) is -0.905. The molecule has 0 heterocycles. The van der Waals surface area contributed by atoms with E-state index in [-0.39, 0.29) is 5.91 Å². The molecule has 0 aromatic heterocycles. The number of carbonyl (C=O) groups is 1. The second-order valence-corrected chi connectivity index (χ2v) is 17.3. The lowest BCUT2D eigenvalue weighted by Crippen LogP contribution is -2.45. The molecule has 0 rings (SSSR count). The molecule has 1 amide bonds. The van der Waals surface area contributed by atoms with Crippen molar-refractivity contribution in [2.75, 3.05) is 6.61 Å². The van der Waals surface area contributed by atoms with E-state index < -0.39 is 26.6 Å². The van der Waals surface area contributed by atoms with Crippen LogP contribution in [0.5, 0.6) is 0 Å². The van der Waals surface area contributed by atoms with Gasteiger partial charge in [0.2, 0.25) is 5.91 Å². The van der Waals surface area contributed by atoms with Crippen molar-refractivity contribution < 1.29 is 28.8 Å². The molecule has 4 N–H and O–H groups in total. The molecule has 0 aromatic carbocycles. The van der Waals surface area contributed by atoms with Crippen LogP contribution in [0.2, 0.25) is 0 Å². The van der Waals surface area contributed by atoms with E-state index in [9.17, 15) is 14.5 Å². The Hall–Kier alpha value is -0.720. The van der Waals surface area contributed by atoms with E-state index in [0.717, 1.165) is 38.5 Å². The largest absolute Gasteiger partial charge is 0.469 e. The fourth-order valence-corrected chi connectivity index (χ4v) is 7.58. The van der Waals surface area contributed by atoms with Crippen LogP contribution in [0, 0.1) is 0 Å². The van der Waals surface area contributed by atoms with Gasteiger partial charge >= 0.3 is 7.82 Å². The smallest absolute Gasteiger partial charge is 0.387 e. The van der Waals surface area contributed by atoms with Crippen molar-refractivity contribution in [2.24, 2.45) is 0 Å². The summed E-state index contributed by atoms with van der Waals surface area (Å²) in [7, 11) is -4.71. The number of carbonyl (C=O) groups excluding carboxylic acids is 1. The second kappa shape index (κ2) is 40.9. The van der Waals surface area contributed by atoms with E-state index in [1.807, 2.05) is 6.08 Å². The highest BCUT2D eigenvalue weighted by molar-refractivity contribution is 7.46. The van der Waals surface area contributed by atoms with Gasteiger partial charge < -0.3 is 20.2 Å². The van der Waals surface area contributed by atoms with Crippen LogP contribution in [0.15, 0.2) is 12.2 Å². The summed E-state index contributed by atoms with van der Waals surface area (Å²) in [6.07, 6.45) is 49.6. The summed E-state index contributed by atoms with van der Waals surface area (Å²) in [4.78, 5) is 30.9. The Labute approximate surface area is 329 Å². The minimum atomic E-state index is -4.71. The summed E-state index contributed by atoms with van der Waals surface area (Å²) >= 11 is 0. The first-order valence-electron chi connectivity index (χ1n) is 23.1. The highest BCUT2D eigenvalue weighted by Crippen LogP contribution is 2.36. The number of phosphoric acid groups is 1. The maximum atomic E-state index is 12.6. The van der Waals surface area contributed by atoms with Gasteiger partial charge in [-0.05, 0) is 19.3 Å². The fourth-order valence-electron chi connectivity index (χ4n) is 7.23. The van der Waals surface area contributed by atoms with E-state index >= 15 is 0 Å². The van der Waals surface area contributed by atoms with Crippen LogP contribution < -0.4 is 5.32 Å². The lowest BCUT2D eigenvalue weighted by molar-refractivity contribution is -0.123. The lowest BCUT2D eigenvalue weighted by atomic mass is 10.0. The van der Waals surface area contributed by atoms with E-state index in [4.69, 9.17) is 9.79 Å². The Morgan fingerprint density at radius 2 is 0.830 bits per heavy atom. The predicted molar refractivity (Wildman–Crippen MR) is 227 cm³/mol. The molecule has 53 heavy (non-hydrogen) atoms. The van der Waals surface area contributed by atoms with Crippen molar-refractivity contribution in [1.29, 1.82) is 0 Å². The molecule has 0 aliphatic heterocycles. The lowest BCUT2D eigenvalue weighted by Gasteiger charge is -2.22. The molecule has 0 radical (unpaired) electrons. The second-order valence-electron chi connectivity index (χ2n) is 16.1. The van der Waals surface area contributed by atoms with Gasteiger partial charge in [-0.1, -0.05) is 238 Å². The normalized spacial score (nSPS) is 13.2. The van der Waals surface area contributed by atoms with Gasteiger partial charge in [-0.2, -0.15) is 0 Å². The molecule has 0 aliphatic carbocycles. The van der Waals surface area contributed by atoms with Gasteiger partial charge in [-0.25, -0.2) is 4.57 Å². The molecule has 0 fully saturated rings. The van der Waals surface area contributed by atoms with E-state index in [1.54, 1.807) is 6.08 Å². The highest BCUT2D eigenvalue weighted by atomic mass is 31.2. The number of hydrogen-bond acceptors (Lipinski definition) is 4. The Balaban J connectivity index is 3.80. The summed E-state index contributed by atoms with van der Waals surface area (Å²) < 4.78 is 15.9. The van der Waals surface area contributed by atoms with Gasteiger partial charge in [0, 0.05) is 6.42 Å². The van der Waals surface area contributed by atoms with Gasteiger partial charge in [0.1, 0.15) is 0 Å².